The monoisotopic (exact) mass is 494 g/mol. The highest BCUT2D eigenvalue weighted by atomic mass is 16.5. The predicted molar refractivity (Wildman–Crippen MR) is 142 cm³/mol. The van der Waals surface area contributed by atoms with Crippen LogP contribution in [0.2, 0.25) is 0 Å². The fourth-order valence-electron chi connectivity index (χ4n) is 4.94. The van der Waals surface area contributed by atoms with Gasteiger partial charge in [-0.15, -0.1) is 0 Å². The van der Waals surface area contributed by atoms with Crippen molar-refractivity contribution in [3.05, 3.63) is 42.1 Å². The van der Waals surface area contributed by atoms with Crippen LogP contribution in [0.5, 0.6) is 5.88 Å². The quantitative estimate of drug-likeness (QED) is 0.509. The summed E-state index contributed by atoms with van der Waals surface area (Å²) in [5.74, 6) is 2.26. The molecule has 2 N–H and O–H groups in total. The molecule has 1 aliphatic carbocycles. The van der Waals surface area contributed by atoms with Crippen molar-refractivity contribution < 1.29 is 14.9 Å². The highest BCUT2D eigenvalue weighted by Crippen LogP contribution is 2.42. The van der Waals surface area contributed by atoms with Crippen LogP contribution in [0.25, 0.3) is 10.9 Å². The van der Waals surface area contributed by atoms with E-state index in [0.717, 1.165) is 60.5 Å². The number of aliphatic hydroxyl groups excluding tert-OH is 1. The molecule has 2 aromatic heterocycles. The van der Waals surface area contributed by atoms with Gasteiger partial charge in [-0.1, -0.05) is 13.8 Å². The Morgan fingerprint density at radius 1 is 1.11 bits per heavy atom. The lowest BCUT2D eigenvalue weighted by Gasteiger charge is -2.37. The second-order valence-electron chi connectivity index (χ2n) is 9.31. The molecule has 0 atom stereocenters. The van der Waals surface area contributed by atoms with E-state index < -0.39 is 5.60 Å². The van der Waals surface area contributed by atoms with Crippen molar-refractivity contribution in [3.63, 3.8) is 0 Å². The van der Waals surface area contributed by atoms with Crippen LogP contribution < -0.4 is 14.5 Å². The third-order valence-corrected chi connectivity index (χ3v) is 7.20. The van der Waals surface area contributed by atoms with E-state index in [9.17, 15) is 10.2 Å². The third kappa shape index (κ3) is 5.08. The molecule has 194 valence electrons. The molecule has 0 spiro atoms. The largest absolute Gasteiger partial charge is 0.480 e. The first kappa shape index (κ1) is 26.0. The Morgan fingerprint density at radius 3 is 2.47 bits per heavy atom. The van der Waals surface area contributed by atoms with E-state index in [-0.39, 0.29) is 12.5 Å². The highest BCUT2D eigenvalue weighted by Gasteiger charge is 2.40. The van der Waals surface area contributed by atoms with Crippen LogP contribution >= 0.6 is 0 Å². The minimum absolute atomic E-state index is 0.0865. The Bertz CT molecular complexity index is 1160. The van der Waals surface area contributed by atoms with Gasteiger partial charge in [0.05, 0.1) is 19.2 Å². The molecule has 1 aromatic carbocycles. The Hall–Kier alpha value is -3.04. The molecule has 0 radical (unpaired) electrons. The number of ether oxygens (including phenoxy) is 1. The molecular weight excluding hydrogens is 456 g/mol. The average molecular weight is 495 g/mol. The average Bonchev–Trinajstić information content (AvgIpc) is 2.92. The number of benzene rings is 1. The smallest absolute Gasteiger partial charge is 0.235 e. The van der Waals surface area contributed by atoms with E-state index in [1.807, 2.05) is 37.9 Å². The predicted octanol–water partition coefficient (Wildman–Crippen LogP) is 3.64. The topological polar surface area (TPSA) is 108 Å². The van der Waals surface area contributed by atoms with Gasteiger partial charge in [-0.2, -0.15) is 0 Å². The number of nitrogens with zero attached hydrogens (tertiary/aromatic N) is 6. The Kier molecular flexibility index (Phi) is 8.21. The number of aliphatic hydroxyl groups is 2. The van der Waals surface area contributed by atoms with Crippen molar-refractivity contribution in [2.45, 2.75) is 57.5 Å². The highest BCUT2D eigenvalue weighted by molar-refractivity contribution is 5.92. The fourth-order valence-corrected chi connectivity index (χ4v) is 4.94. The Balaban J connectivity index is 0.00000148. The molecule has 0 amide bonds. The zero-order chi connectivity index (χ0) is 25.7. The first-order valence-corrected chi connectivity index (χ1v) is 13.0. The Morgan fingerprint density at radius 2 is 1.83 bits per heavy atom. The van der Waals surface area contributed by atoms with Gasteiger partial charge in [0.15, 0.2) is 5.82 Å². The van der Waals surface area contributed by atoms with Gasteiger partial charge >= 0.3 is 0 Å². The Labute approximate surface area is 213 Å². The summed E-state index contributed by atoms with van der Waals surface area (Å²) in [6.07, 6.45) is 7.58. The summed E-state index contributed by atoms with van der Waals surface area (Å²) in [5.41, 5.74) is 1.81. The zero-order valence-electron chi connectivity index (χ0n) is 21.8. The van der Waals surface area contributed by atoms with Crippen molar-refractivity contribution in [2.75, 3.05) is 50.2 Å². The fraction of sp³-hybridized carbons (Fsp3) is 0.556. The van der Waals surface area contributed by atoms with Crippen LogP contribution in [0.3, 0.4) is 0 Å². The summed E-state index contributed by atoms with van der Waals surface area (Å²) in [6, 6.07) is 6.09. The van der Waals surface area contributed by atoms with E-state index in [1.165, 1.54) is 0 Å². The van der Waals surface area contributed by atoms with Crippen LogP contribution in [0, 0.1) is 0 Å². The summed E-state index contributed by atoms with van der Waals surface area (Å²) in [6.45, 7) is 6.25. The second-order valence-corrected chi connectivity index (χ2v) is 9.31. The number of aromatic nitrogens is 4. The van der Waals surface area contributed by atoms with Crippen molar-refractivity contribution >= 4 is 22.4 Å². The van der Waals surface area contributed by atoms with E-state index >= 15 is 0 Å². The zero-order valence-corrected chi connectivity index (χ0v) is 21.8. The van der Waals surface area contributed by atoms with E-state index in [0.29, 0.717) is 31.1 Å². The maximum absolute atomic E-state index is 11.0. The van der Waals surface area contributed by atoms with Crippen LogP contribution in [0.4, 0.5) is 11.5 Å². The normalized spacial score (nSPS) is 17.2. The third-order valence-electron chi connectivity index (χ3n) is 7.20. The minimum Gasteiger partial charge on any atom is -0.480 e. The number of hydrogen-bond donors (Lipinski definition) is 2. The molecule has 1 saturated carbocycles. The summed E-state index contributed by atoms with van der Waals surface area (Å²) >= 11 is 0. The van der Waals surface area contributed by atoms with Gasteiger partial charge in [-0.3, -0.25) is 4.98 Å². The van der Waals surface area contributed by atoms with Crippen LogP contribution in [0.1, 0.15) is 63.4 Å². The SMILES string of the molecule is CC.COc1nccnc1C1CCN(c2nc(C3(O)CCC3)nc3ccc(N(C)CCO)cc23)CC1. The molecule has 1 saturated heterocycles. The van der Waals surface area contributed by atoms with Gasteiger partial charge in [-0.05, 0) is 50.3 Å². The molecule has 9 heteroatoms. The van der Waals surface area contributed by atoms with Crippen molar-refractivity contribution in [2.24, 2.45) is 0 Å². The summed E-state index contributed by atoms with van der Waals surface area (Å²) in [5, 5.41) is 21.3. The molecule has 36 heavy (non-hydrogen) atoms. The van der Waals surface area contributed by atoms with Crippen LogP contribution in [0.15, 0.2) is 30.6 Å². The van der Waals surface area contributed by atoms with Gasteiger partial charge in [0.2, 0.25) is 5.88 Å². The van der Waals surface area contributed by atoms with E-state index in [1.54, 1.807) is 19.5 Å². The number of piperidine rings is 1. The molecule has 0 bridgehead atoms. The van der Waals surface area contributed by atoms with Gasteiger partial charge in [0, 0.05) is 56.1 Å². The molecule has 9 nitrogen and oxygen atoms in total. The van der Waals surface area contributed by atoms with Crippen LogP contribution in [-0.2, 0) is 5.60 Å². The first-order chi connectivity index (χ1) is 17.5. The lowest BCUT2D eigenvalue weighted by atomic mass is 9.79. The molecule has 2 fully saturated rings. The van der Waals surface area contributed by atoms with Crippen molar-refractivity contribution in [1.29, 1.82) is 0 Å². The lowest BCUT2D eigenvalue weighted by molar-refractivity contribution is -0.0463. The summed E-state index contributed by atoms with van der Waals surface area (Å²) in [7, 11) is 3.59. The standard InChI is InChI=1S/C25H32N6O3.C2H6/c1-30(14-15-32)18-4-5-20-19(16-18)22(29-24(28-20)25(33)8-3-9-25)31-12-6-17(7-13-31)21-23(34-2)27-11-10-26-21;1-2/h4-5,10-11,16-17,32-33H,3,6-9,12-15H2,1-2H3;1-2H3. The number of methoxy groups -OCH3 is 1. The van der Waals surface area contributed by atoms with Gasteiger partial charge in [0.25, 0.3) is 0 Å². The number of likely N-dealkylation sites (N-methyl/N-ethyl adjacent to an activating group) is 1. The van der Waals surface area contributed by atoms with Gasteiger partial charge in [-0.25, -0.2) is 15.0 Å². The molecule has 3 heterocycles. The molecule has 5 rings (SSSR count). The van der Waals surface area contributed by atoms with Crippen LogP contribution in [-0.4, -0.2) is 70.5 Å². The second kappa shape index (κ2) is 11.3. The summed E-state index contributed by atoms with van der Waals surface area (Å²) in [4.78, 5) is 22.9. The molecular formula is C27H38N6O3. The number of hydrogen-bond acceptors (Lipinski definition) is 9. The first-order valence-electron chi connectivity index (χ1n) is 13.0. The number of fused-ring (bicyclic) bond motifs is 1. The number of rotatable bonds is 7. The molecule has 2 aliphatic rings. The van der Waals surface area contributed by atoms with Crippen molar-refractivity contribution in [1.82, 2.24) is 19.9 Å². The minimum atomic E-state index is -0.930. The molecule has 3 aromatic rings. The lowest BCUT2D eigenvalue weighted by Crippen LogP contribution is -2.38. The van der Waals surface area contributed by atoms with Gasteiger partial charge < -0.3 is 24.7 Å². The summed E-state index contributed by atoms with van der Waals surface area (Å²) < 4.78 is 5.44. The maximum atomic E-state index is 11.0. The number of anilines is 2. The van der Waals surface area contributed by atoms with Gasteiger partial charge in [0.1, 0.15) is 17.1 Å². The van der Waals surface area contributed by atoms with E-state index in [4.69, 9.17) is 14.7 Å². The van der Waals surface area contributed by atoms with E-state index in [2.05, 4.69) is 20.9 Å². The molecule has 1 aliphatic heterocycles. The van der Waals surface area contributed by atoms with Crippen molar-refractivity contribution in [3.8, 4) is 5.88 Å². The molecule has 0 unspecified atom stereocenters. The maximum Gasteiger partial charge on any atom is 0.235 e.